The van der Waals surface area contributed by atoms with E-state index < -0.39 is 16.1 Å². The van der Waals surface area contributed by atoms with Crippen molar-refractivity contribution in [1.82, 2.24) is 4.31 Å². The number of rotatable bonds is 6. The molecule has 1 aromatic rings. The molecule has 1 fully saturated rings. The molecule has 0 spiro atoms. The zero-order valence-corrected chi connectivity index (χ0v) is 12.8. The van der Waals surface area contributed by atoms with Gasteiger partial charge in [-0.05, 0) is 30.7 Å². The van der Waals surface area contributed by atoms with Crippen LogP contribution in [0.4, 0.5) is 4.39 Å². The third-order valence-corrected chi connectivity index (χ3v) is 5.31. The second-order valence-electron chi connectivity index (χ2n) is 5.04. The minimum absolute atomic E-state index is 0.0113. The molecule has 6 nitrogen and oxygen atoms in total. The van der Waals surface area contributed by atoms with E-state index in [-0.39, 0.29) is 24.6 Å². The zero-order chi connectivity index (χ0) is 16.2. The first-order chi connectivity index (χ1) is 10.5. The van der Waals surface area contributed by atoms with E-state index >= 15 is 0 Å². The Balaban J connectivity index is 2.05. The maximum absolute atomic E-state index is 12.4. The zero-order valence-electron chi connectivity index (χ0n) is 12.0. The van der Waals surface area contributed by atoms with Gasteiger partial charge in [-0.2, -0.15) is 4.31 Å². The second kappa shape index (κ2) is 7.19. The van der Waals surface area contributed by atoms with Gasteiger partial charge >= 0.3 is 0 Å². The number of hydrogen-bond donors (Lipinski definition) is 2. The summed E-state index contributed by atoms with van der Waals surface area (Å²) in [4.78, 5) is 0.133. The van der Waals surface area contributed by atoms with E-state index in [1.54, 1.807) is 0 Å². The van der Waals surface area contributed by atoms with Crippen LogP contribution in [0.25, 0.3) is 0 Å². The van der Waals surface area contributed by atoms with Crippen molar-refractivity contribution in [2.45, 2.75) is 17.4 Å². The molecule has 122 valence electrons. The Morgan fingerprint density at radius 1 is 1.45 bits per heavy atom. The quantitative estimate of drug-likeness (QED) is 0.798. The molecular weight excluding hydrogens is 311 g/mol. The topological polar surface area (TPSA) is 92.9 Å². The summed E-state index contributed by atoms with van der Waals surface area (Å²) in [6.07, 6.45) is 0.231. The van der Waals surface area contributed by atoms with Crippen LogP contribution >= 0.6 is 0 Å². The van der Waals surface area contributed by atoms with Crippen LogP contribution in [0.15, 0.2) is 41.1 Å². The molecule has 0 radical (unpaired) electrons. The molecule has 0 unspecified atom stereocenters. The van der Waals surface area contributed by atoms with E-state index in [0.717, 1.165) is 0 Å². The average Bonchev–Trinajstić information content (AvgIpc) is 2.96. The lowest BCUT2D eigenvalue weighted by Crippen LogP contribution is -2.29. The standard InChI is InChI=1S/C14H19FN2O4S/c15-7-11(8-16)10-21-13-1-3-14(4-2-13)22(19,20)17-6-5-12(18)9-17/h1-4,7,12,18H,5-6,8-10,16H2/b11-7+/t12-/m0/s1. The number of hydrogen-bond acceptors (Lipinski definition) is 5. The Bertz CT molecular complexity index is 631. The number of nitrogens with zero attached hydrogens (tertiary/aromatic N) is 1. The van der Waals surface area contributed by atoms with E-state index in [1.165, 1.54) is 28.6 Å². The van der Waals surface area contributed by atoms with Crippen LogP contribution in [0, 0.1) is 0 Å². The van der Waals surface area contributed by atoms with Crippen LogP contribution in [-0.4, -0.2) is 50.2 Å². The van der Waals surface area contributed by atoms with Crippen molar-refractivity contribution in [3.05, 3.63) is 36.2 Å². The molecule has 1 aliphatic heterocycles. The van der Waals surface area contributed by atoms with Crippen molar-refractivity contribution >= 4 is 10.0 Å². The predicted molar refractivity (Wildman–Crippen MR) is 79.6 cm³/mol. The molecule has 8 heteroatoms. The molecule has 22 heavy (non-hydrogen) atoms. The molecule has 3 N–H and O–H groups in total. The molecule has 0 aromatic heterocycles. The van der Waals surface area contributed by atoms with Crippen molar-refractivity contribution in [1.29, 1.82) is 0 Å². The monoisotopic (exact) mass is 330 g/mol. The number of nitrogens with two attached hydrogens (primary N) is 1. The summed E-state index contributed by atoms with van der Waals surface area (Å²) in [7, 11) is -3.60. The highest BCUT2D eigenvalue weighted by molar-refractivity contribution is 7.89. The second-order valence-corrected chi connectivity index (χ2v) is 6.98. The van der Waals surface area contributed by atoms with Gasteiger partial charge in [-0.15, -0.1) is 0 Å². The van der Waals surface area contributed by atoms with Crippen molar-refractivity contribution in [3.63, 3.8) is 0 Å². The summed E-state index contributed by atoms with van der Waals surface area (Å²) < 4.78 is 43.6. The smallest absolute Gasteiger partial charge is 0.243 e. The summed E-state index contributed by atoms with van der Waals surface area (Å²) in [6.45, 7) is 0.488. The number of β-amino-alcohol motifs (C(OH)–C–C–N with tert-alkyl or cyclic N) is 1. The van der Waals surface area contributed by atoms with Crippen LogP contribution in [0.5, 0.6) is 5.75 Å². The van der Waals surface area contributed by atoms with E-state index in [0.29, 0.717) is 30.6 Å². The number of aliphatic hydroxyl groups excluding tert-OH is 1. The number of sulfonamides is 1. The lowest BCUT2D eigenvalue weighted by Gasteiger charge is -2.16. The van der Waals surface area contributed by atoms with E-state index in [1.807, 2.05) is 0 Å². The largest absolute Gasteiger partial charge is 0.489 e. The van der Waals surface area contributed by atoms with Gasteiger partial charge in [0.05, 0.1) is 17.3 Å². The first-order valence-corrected chi connectivity index (χ1v) is 8.30. The molecule has 1 aromatic carbocycles. The van der Waals surface area contributed by atoms with Gasteiger partial charge < -0.3 is 15.6 Å². The molecule has 0 aliphatic carbocycles. The Labute approximate surface area is 129 Å². The van der Waals surface area contributed by atoms with Gasteiger partial charge in [0.15, 0.2) is 0 Å². The molecular formula is C14H19FN2O4S. The number of benzene rings is 1. The number of aliphatic hydroxyl groups is 1. The van der Waals surface area contributed by atoms with Gasteiger partial charge in [0.1, 0.15) is 12.4 Å². The van der Waals surface area contributed by atoms with Crippen molar-refractivity contribution in [3.8, 4) is 5.75 Å². The summed E-state index contributed by atoms with van der Waals surface area (Å²) in [5, 5.41) is 9.45. The summed E-state index contributed by atoms with van der Waals surface area (Å²) in [5.41, 5.74) is 5.62. The summed E-state index contributed by atoms with van der Waals surface area (Å²) in [6, 6.07) is 5.87. The van der Waals surface area contributed by atoms with E-state index in [4.69, 9.17) is 10.5 Å². The van der Waals surface area contributed by atoms with E-state index in [2.05, 4.69) is 0 Å². The molecule has 1 aliphatic rings. The normalized spacial score (nSPS) is 20.3. The Kier molecular flexibility index (Phi) is 5.52. The van der Waals surface area contributed by atoms with E-state index in [9.17, 15) is 17.9 Å². The highest BCUT2D eigenvalue weighted by atomic mass is 32.2. The highest BCUT2D eigenvalue weighted by Gasteiger charge is 2.31. The fraction of sp³-hybridized carbons (Fsp3) is 0.429. The van der Waals surface area contributed by atoms with Gasteiger partial charge in [0.2, 0.25) is 10.0 Å². The summed E-state index contributed by atoms with van der Waals surface area (Å²) >= 11 is 0. The Hall–Kier alpha value is -1.48. The molecule has 0 amide bonds. The van der Waals surface area contributed by atoms with Gasteiger partial charge in [0.25, 0.3) is 0 Å². The molecule has 0 saturated carbocycles. The third-order valence-electron chi connectivity index (χ3n) is 3.43. The average molecular weight is 330 g/mol. The van der Waals surface area contributed by atoms with Crippen molar-refractivity contribution in [2.24, 2.45) is 5.73 Å². The summed E-state index contributed by atoms with van der Waals surface area (Å²) in [5.74, 6) is 0.424. The lowest BCUT2D eigenvalue weighted by atomic mass is 10.3. The van der Waals surface area contributed by atoms with Gasteiger partial charge in [0, 0.05) is 25.2 Å². The van der Waals surface area contributed by atoms with Crippen LogP contribution < -0.4 is 10.5 Å². The minimum Gasteiger partial charge on any atom is -0.489 e. The van der Waals surface area contributed by atoms with Gasteiger partial charge in [-0.25, -0.2) is 12.8 Å². The Morgan fingerprint density at radius 2 is 2.14 bits per heavy atom. The van der Waals surface area contributed by atoms with Crippen molar-refractivity contribution in [2.75, 3.05) is 26.2 Å². The van der Waals surface area contributed by atoms with Gasteiger partial charge in [-0.3, -0.25) is 0 Å². The minimum atomic E-state index is -3.60. The SMILES string of the molecule is NC/C(=C\F)COc1ccc(S(=O)(=O)N2CC[C@H](O)C2)cc1. The first-order valence-electron chi connectivity index (χ1n) is 6.86. The van der Waals surface area contributed by atoms with Crippen LogP contribution in [0.1, 0.15) is 6.42 Å². The number of ether oxygens (including phenoxy) is 1. The van der Waals surface area contributed by atoms with Crippen molar-refractivity contribution < 1.29 is 22.7 Å². The molecule has 1 atom stereocenters. The predicted octanol–water partition coefficient (Wildman–Crippen LogP) is 0.633. The Morgan fingerprint density at radius 3 is 2.64 bits per heavy atom. The van der Waals surface area contributed by atoms with Crippen LogP contribution in [-0.2, 0) is 10.0 Å². The highest BCUT2D eigenvalue weighted by Crippen LogP contribution is 2.23. The fourth-order valence-corrected chi connectivity index (χ4v) is 3.59. The molecule has 1 saturated heterocycles. The number of halogens is 1. The molecule has 0 bridgehead atoms. The van der Waals surface area contributed by atoms with Crippen LogP contribution in [0.2, 0.25) is 0 Å². The fourth-order valence-electron chi connectivity index (χ4n) is 2.10. The maximum atomic E-state index is 12.4. The molecule has 2 rings (SSSR count). The lowest BCUT2D eigenvalue weighted by molar-refractivity contribution is 0.189. The molecule has 1 heterocycles. The maximum Gasteiger partial charge on any atom is 0.243 e. The van der Waals surface area contributed by atoms with Crippen LogP contribution in [0.3, 0.4) is 0 Å². The third kappa shape index (κ3) is 3.83. The first kappa shape index (κ1) is 16.9. The van der Waals surface area contributed by atoms with Gasteiger partial charge in [-0.1, -0.05) is 0 Å².